The number of anilines is 2. The molecule has 0 N–H and O–H groups in total. The van der Waals surface area contributed by atoms with Crippen molar-refractivity contribution in [1.29, 1.82) is 0 Å². The van der Waals surface area contributed by atoms with Gasteiger partial charge in [0.25, 0.3) is 0 Å². The number of benzene rings is 2. The smallest absolute Gasteiger partial charge is 0.0904 e. The van der Waals surface area contributed by atoms with Gasteiger partial charge < -0.3 is 9.80 Å². The monoisotopic (exact) mass is 448 g/mol. The zero-order valence-corrected chi connectivity index (χ0v) is 23.5. The van der Waals surface area contributed by atoms with E-state index < -0.39 is 0 Å². The summed E-state index contributed by atoms with van der Waals surface area (Å²) >= 11 is 0. The molecule has 0 atom stereocenters. The van der Waals surface area contributed by atoms with Gasteiger partial charge in [0, 0.05) is 24.5 Å². The standard InChI is InChI=1S/C31H48N2/c1-28(2,3)22-13-15-24(30(7,8)9)26(19-22)32-17-18-33(21-32)27-20-23(29(4,5)6)14-16-25(27)31(10,11)12/h13-16,19-20H,17-18,21H2,1-12H3. The lowest BCUT2D eigenvalue weighted by atomic mass is 9.80. The SMILES string of the molecule is CC(C)(C)c1ccc(C(C)(C)C)c(N2CCN(c3cc(C(C)(C)C)ccc3C(C)(C)C)C2)c1. The summed E-state index contributed by atoms with van der Waals surface area (Å²) < 4.78 is 0. The summed E-state index contributed by atoms with van der Waals surface area (Å²) in [5.74, 6) is 0. The first-order valence-electron chi connectivity index (χ1n) is 12.7. The Morgan fingerprint density at radius 3 is 1.09 bits per heavy atom. The fourth-order valence-electron chi connectivity index (χ4n) is 4.77. The molecule has 0 unspecified atom stereocenters. The van der Waals surface area contributed by atoms with Crippen LogP contribution in [0.1, 0.15) is 105 Å². The molecular weight excluding hydrogens is 400 g/mol. The highest BCUT2D eigenvalue weighted by molar-refractivity contribution is 5.65. The summed E-state index contributed by atoms with van der Waals surface area (Å²) in [6.07, 6.45) is 0. The van der Waals surface area contributed by atoms with Crippen LogP contribution in [-0.4, -0.2) is 19.8 Å². The molecule has 0 aliphatic carbocycles. The van der Waals surface area contributed by atoms with Gasteiger partial charge in [0.1, 0.15) is 0 Å². The van der Waals surface area contributed by atoms with Crippen molar-refractivity contribution in [3.8, 4) is 0 Å². The third-order valence-corrected chi connectivity index (χ3v) is 7.01. The predicted molar refractivity (Wildman–Crippen MR) is 147 cm³/mol. The van der Waals surface area contributed by atoms with Gasteiger partial charge in [-0.15, -0.1) is 0 Å². The van der Waals surface area contributed by atoms with Gasteiger partial charge in [-0.05, 0) is 56.0 Å². The molecule has 1 saturated heterocycles. The minimum atomic E-state index is 0.113. The van der Waals surface area contributed by atoms with E-state index >= 15 is 0 Å². The lowest BCUT2D eigenvalue weighted by Crippen LogP contribution is -2.30. The van der Waals surface area contributed by atoms with Crippen LogP contribution < -0.4 is 9.80 Å². The van der Waals surface area contributed by atoms with E-state index in [1.807, 2.05) is 0 Å². The highest BCUT2D eigenvalue weighted by Crippen LogP contribution is 2.40. The van der Waals surface area contributed by atoms with Gasteiger partial charge >= 0.3 is 0 Å². The van der Waals surface area contributed by atoms with Crippen molar-refractivity contribution in [3.63, 3.8) is 0 Å². The second-order valence-corrected chi connectivity index (χ2v) is 14.1. The van der Waals surface area contributed by atoms with Crippen molar-refractivity contribution < 1.29 is 0 Å². The predicted octanol–water partition coefficient (Wildman–Crippen LogP) is 8.16. The summed E-state index contributed by atoms with van der Waals surface area (Å²) in [6.45, 7) is 30.9. The van der Waals surface area contributed by atoms with Crippen molar-refractivity contribution in [2.75, 3.05) is 29.6 Å². The highest BCUT2D eigenvalue weighted by Gasteiger charge is 2.31. The van der Waals surface area contributed by atoms with Crippen LogP contribution in [0.3, 0.4) is 0 Å². The van der Waals surface area contributed by atoms with Gasteiger partial charge in [-0.2, -0.15) is 0 Å². The maximum atomic E-state index is 2.60. The topological polar surface area (TPSA) is 6.48 Å². The summed E-state index contributed by atoms with van der Waals surface area (Å²) in [6, 6.07) is 14.3. The molecule has 2 aromatic carbocycles. The van der Waals surface area contributed by atoms with Crippen molar-refractivity contribution in [3.05, 3.63) is 58.7 Å². The van der Waals surface area contributed by atoms with Crippen molar-refractivity contribution >= 4 is 11.4 Å². The van der Waals surface area contributed by atoms with E-state index in [9.17, 15) is 0 Å². The van der Waals surface area contributed by atoms with E-state index in [0.717, 1.165) is 19.8 Å². The van der Waals surface area contributed by atoms with E-state index in [-0.39, 0.29) is 21.7 Å². The van der Waals surface area contributed by atoms with Gasteiger partial charge in [-0.1, -0.05) is 107 Å². The maximum Gasteiger partial charge on any atom is 0.0904 e. The van der Waals surface area contributed by atoms with Crippen LogP contribution in [0.5, 0.6) is 0 Å². The molecule has 0 aromatic heterocycles. The molecule has 2 nitrogen and oxygen atoms in total. The first-order valence-corrected chi connectivity index (χ1v) is 12.7. The fraction of sp³-hybridized carbons (Fsp3) is 0.613. The molecule has 1 fully saturated rings. The molecule has 3 rings (SSSR count). The molecule has 1 heterocycles. The lowest BCUT2D eigenvalue weighted by molar-refractivity contribution is 0.574. The van der Waals surface area contributed by atoms with Crippen LogP contribution in [0.25, 0.3) is 0 Å². The zero-order valence-electron chi connectivity index (χ0n) is 23.5. The molecule has 0 radical (unpaired) electrons. The average molecular weight is 449 g/mol. The average Bonchev–Trinajstić information content (AvgIpc) is 3.14. The van der Waals surface area contributed by atoms with E-state index in [0.29, 0.717) is 0 Å². The van der Waals surface area contributed by atoms with Gasteiger partial charge in [-0.3, -0.25) is 0 Å². The van der Waals surface area contributed by atoms with E-state index in [2.05, 4.69) is 129 Å². The Kier molecular flexibility index (Phi) is 6.50. The van der Waals surface area contributed by atoms with Crippen molar-refractivity contribution in [2.24, 2.45) is 0 Å². The Bertz CT molecular complexity index is 906. The molecular formula is C31H48N2. The molecule has 0 spiro atoms. The fourth-order valence-corrected chi connectivity index (χ4v) is 4.77. The van der Waals surface area contributed by atoms with Crippen LogP contribution in [0.15, 0.2) is 36.4 Å². The van der Waals surface area contributed by atoms with Crippen LogP contribution in [0, 0.1) is 0 Å². The second kappa shape index (κ2) is 8.36. The normalized spacial score (nSPS) is 16.0. The Morgan fingerprint density at radius 2 is 0.818 bits per heavy atom. The summed E-state index contributed by atoms with van der Waals surface area (Å²) in [5.41, 5.74) is 9.03. The van der Waals surface area contributed by atoms with Crippen LogP contribution >= 0.6 is 0 Å². The zero-order chi connectivity index (χ0) is 25.0. The van der Waals surface area contributed by atoms with Crippen LogP contribution in [-0.2, 0) is 21.7 Å². The molecule has 1 aliphatic rings. The van der Waals surface area contributed by atoms with Crippen molar-refractivity contribution in [2.45, 2.75) is 105 Å². The molecule has 0 saturated carbocycles. The Hall–Kier alpha value is -1.96. The maximum absolute atomic E-state index is 2.60. The third-order valence-electron chi connectivity index (χ3n) is 7.01. The molecule has 2 aromatic rings. The quantitative estimate of drug-likeness (QED) is 0.457. The minimum Gasteiger partial charge on any atom is -0.352 e. The third kappa shape index (κ3) is 5.58. The summed E-state index contributed by atoms with van der Waals surface area (Å²) in [7, 11) is 0. The Balaban J connectivity index is 2.05. The molecule has 33 heavy (non-hydrogen) atoms. The number of nitrogens with zero attached hydrogens (tertiary/aromatic N) is 2. The van der Waals surface area contributed by atoms with Gasteiger partial charge in [0.2, 0.25) is 0 Å². The molecule has 2 heteroatoms. The first-order chi connectivity index (χ1) is 14.9. The molecule has 0 amide bonds. The van der Waals surface area contributed by atoms with E-state index in [4.69, 9.17) is 0 Å². The highest BCUT2D eigenvalue weighted by atomic mass is 15.4. The van der Waals surface area contributed by atoms with E-state index in [1.54, 1.807) is 0 Å². The number of rotatable bonds is 2. The number of hydrogen-bond acceptors (Lipinski definition) is 2. The molecule has 0 bridgehead atoms. The Morgan fingerprint density at radius 1 is 0.485 bits per heavy atom. The summed E-state index contributed by atoms with van der Waals surface area (Å²) in [5, 5.41) is 0. The second-order valence-electron chi connectivity index (χ2n) is 14.1. The van der Waals surface area contributed by atoms with Gasteiger partial charge in [0.15, 0.2) is 0 Å². The lowest BCUT2D eigenvalue weighted by Gasteiger charge is -2.33. The Labute approximate surface area is 204 Å². The van der Waals surface area contributed by atoms with Crippen molar-refractivity contribution in [1.82, 2.24) is 0 Å². The van der Waals surface area contributed by atoms with Gasteiger partial charge in [-0.25, -0.2) is 0 Å². The van der Waals surface area contributed by atoms with E-state index in [1.165, 1.54) is 33.6 Å². The van der Waals surface area contributed by atoms with Crippen LogP contribution in [0.4, 0.5) is 11.4 Å². The first kappa shape index (κ1) is 25.7. The largest absolute Gasteiger partial charge is 0.352 e. The minimum absolute atomic E-state index is 0.113. The molecule has 1 aliphatic heterocycles. The van der Waals surface area contributed by atoms with Crippen LogP contribution in [0.2, 0.25) is 0 Å². The van der Waals surface area contributed by atoms with Gasteiger partial charge in [0.05, 0.1) is 6.67 Å². The molecule has 182 valence electrons. The number of hydrogen-bond donors (Lipinski definition) is 0. The summed E-state index contributed by atoms with van der Waals surface area (Å²) in [4.78, 5) is 5.21.